The minimum Gasteiger partial charge on any atom is -0.453 e. The monoisotopic (exact) mass is 421 g/mol. The fourth-order valence-corrected chi connectivity index (χ4v) is 2.94. The summed E-state index contributed by atoms with van der Waals surface area (Å²) in [6.45, 7) is 2.30. The summed E-state index contributed by atoms with van der Waals surface area (Å²) >= 11 is 3.39. The highest BCUT2D eigenvalue weighted by Gasteiger charge is 2.22. The highest BCUT2D eigenvalue weighted by atomic mass is 79.9. The molecule has 1 amide bonds. The highest BCUT2D eigenvalue weighted by Crippen LogP contribution is 2.23. The number of ether oxygens (including phenoxy) is 1. The Morgan fingerprint density at radius 3 is 2.31 bits per heavy atom. The molecule has 0 spiro atoms. The predicted molar refractivity (Wildman–Crippen MR) is 102 cm³/mol. The van der Waals surface area contributed by atoms with Crippen molar-refractivity contribution < 1.29 is 18.7 Å². The number of carbonyl (C=O) groups excluding carboxylic acids is 2. The number of hydrogen-bond donors (Lipinski definition) is 0. The SMILES string of the molecule is COC(=O)N(CCCC(=O)c1ccc(F)cc1)C(C)c1ccc(Br)cc1. The van der Waals surface area contributed by atoms with Crippen LogP contribution in [0.2, 0.25) is 0 Å². The maximum absolute atomic E-state index is 12.9. The average Bonchev–Trinajstić information content (AvgIpc) is 2.65. The first-order valence-corrected chi connectivity index (χ1v) is 9.10. The van der Waals surface area contributed by atoms with Gasteiger partial charge in [0.25, 0.3) is 0 Å². The molecule has 0 bridgehead atoms. The first-order valence-electron chi connectivity index (χ1n) is 8.31. The quantitative estimate of drug-likeness (QED) is 0.563. The highest BCUT2D eigenvalue weighted by molar-refractivity contribution is 9.10. The standard InChI is InChI=1S/C20H21BrFNO3/c1-14(15-5-9-17(21)10-6-15)23(20(25)26-2)13-3-4-19(24)16-7-11-18(22)12-8-16/h5-12,14H,3-4,13H2,1-2H3. The van der Waals surface area contributed by atoms with Crippen molar-refractivity contribution in [2.45, 2.75) is 25.8 Å². The molecular weight excluding hydrogens is 401 g/mol. The second kappa shape index (κ2) is 9.48. The van der Waals surface area contributed by atoms with Crippen LogP contribution in [0.4, 0.5) is 9.18 Å². The van der Waals surface area contributed by atoms with Gasteiger partial charge in [-0.2, -0.15) is 0 Å². The number of carbonyl (C=O) groups is 2. The summed E-state index contributed by atoms with van der Waals surface area (Å²) in [4.78, 5) is 25.9. The number of hydrogen-bond acceptors (Lipinski definition) is 3. The Hall–Kier alpha value is -2.21. The molecule has 0 saturated heterocycles. The molecule has 0 aromatic heterocycles. The number of methoxy groups -OCH3 is 1. The smallest absolute Gasteiger partial charge is 0.409 e. The molecule has 0 N–H and O–H groups in total. The van der Waals surface area contributed by atoms with Crippen molar-refractivity contribution >= 4 is 27.8 Å². The number of benzene rings is 2. The summed E-state index contributed by atoms with van der Waals surface area (Å²) in [5, 5.41) is 0. The van der Waals surface area contributed by atoms with Crippen LogP contribution < -0.4 is 0 Å². The molecule has 0 aliphatic carbocycles. The molecule has 6 heteroatoms. The number of rotatable bonds is 7. The fourth-order valence-electron chi connectivity index (χ4n) is 2.67. The van der Waals surface area contributed by atoms with E-state index in [4.69, 9.17) is 4.74 Å². The van der Waals surface area contributed by atoms with Crippen LogP contribution in [0, 0.1) is 5.82 Å². The maximum Gasteiger partial charge on any atom is 0.409 e. The molecule has 2 aromatic rings. The number of amides is 1. The van der Waals surface area contributed by atoms with Crippen LogP contribution in [0.1, 0.15) is 41.7 Å². The van der Waals surface area contributed by atoms with E-state index in [9.17, 15) is 14.0 Å². The molecule has 0 aliphatic heterocycles. The van der Waals surface area contributed by atoms with Gasteiger partial charge in [-0.05, 0) is 55.3 Å². The molecule has 138 valence electrons. The molecule has 1 unspecified atom stereocenters. The first-order chi connectivity index (χ1) is 12.4. The van der Waals surface area contributed by atoms with Gasteiger partial charge in [-0.15, -0.1) is 0 Å². The summed E-state index contributed by atoms with van der Waals surface area (Å²) in [5.74, 6) is -0.451. The minimum atomic E-state index is -0.436. The predicted octanol–water partition coefficient (Wildman–Crippen LogP) is 5.38. The van der Waals surface area contributed by atoms with E-state index in [0.29, 0.717) is 18.5 Å². The first kappa shape index (κ1) is 20.1. The van der Waals surface area contributed by atoms with E-state index in [1.165, 1.54) is 31.4 Å². The molecule has 1 atom stereocenters. The normalized spacial score (nSPS) is 11.7. The van der Waals surface area contributed by atoms with Crippen LogP contribution in [0.25, 0.3) is 0 Å². The Kier molecular flexibility index (Phi) is 7.33. The summed E-state index contributed by atoms with van der Waals surface area (Å²) in [7, 11) is 1.34. The van der Waals surface area contributed by atoms with Gasteiger partial charge in [0.15, 0.2) is 5.78 Å². The number of halogens is 2. The zero-order valence-corrected chi connectivity index (χ0v) is 16.3. The zero-order chi connectivity index (χ0) is 19.1. The molecule has 0 heterocycles. The van der Waals surface area contributed by atoms with Gasteiger partial charge in [0.1, 0.15) is 5.82 Å². The Labute approximate surface area is 161 Å². The van der Waals surface area contributed by atoms with Gasteiger partial charge in [0.05, 0.1) is 13.2 Å². The van der Waals surface area contributed by atoms with Crippen molar-refractivity contribution in [2.24, 2.45) is 0 Å². The largest absolute Gasteiger partial charge is 0.453 e. The van der Waals surface area contributed by atoms with Crippen LogP contribution in [0.15, 0.2) is 53.0 Å². The lowest BCUT2D eigenvalue weighted by Crippen LogP contribution is -2.34. The van der Waals surface area contributed by atoms with Crippen LogP contribution in [0.3, 0.4) is 0 Å². The van der Waals surface area contributed by atoms with E-state index in [1.807, 2.05) is 31.2 Å². The lowest BCUT2D eigenvalue weighted by Gasteiger charge is -2.28. The van der Waals surface area contributed by atoms with Crippen molar-refractivity contribution in [3.8, 4) is 0 Å². The van der Waals surface area contributed by atoms with Crippen molar-refractivity contribution in [3.63, 3.8) is 0 Å². The van der Waals surface area contributed by atoms with E-state index in [2.05, 4.69) is 15.9 Å². The fraction of sp³-hybridized carbons (Fsp3) is 0.300. The molecule has 2 rings (SSSR count). The van der Waals surface area contributed by atoms with Crippen molar-refractivity contribution in [1.29, 1.82) is 0 Å². The third-order valence-corrected chi connectivity index (χ3v) is 4.73. The molecule has 2 aromatic carbocycles. The summed E-state index contributed by atoms with van der Waals surface area (Å²) < 4.78 is 18.8. The number of nitrogens with zero attached hydrogens (tertiary/aromatic N) is 1. The van der Waals surface area contributed by atoms with E-state index in [-0.39, 0.29) is 24.1 Å². The number of Topliss-reactive ketones (excluding diaryl/α,β-unsaturated/α-hetero) is 1. The lowest BCUT2D eigenvalue weighted by molar-refractivity contribution is 0.0941. The minimum absolute atomic E-state index is 0.0777. The van der Waals surface area contributed by atoms with E-state index in [0.717, 1.165) is 10.0 Å². The summed E-state index contributed by atoms with van der Waals surface area (Å²) in [5.41, 5.74) is 1.44. The van der Waals surface area contributed by atoms with Crippen LogP contribution >= 0.6 is 15.9 Å². The third-order valence-electron chi connectivity index (χ3n) is 4.20. The maximum atomic E-state index is 12.9. The second-order valence-electron chi connectivity index (χ2n) is 5.92. The zero-order valence-electron chi connectivity index (χ0n) is 14.7. The van der Waals surface area contributed by atoms with Gasteiger partial charge in [-0.25, -0.2) is 9.18 Å². The second-order valence-corrected chi connectivity index (χ2v) is 6.84. The molecule has 26 heavy (non-hydrogen) atoms. The molecule has 4 nitrogen and oxygen atoms in total. The molecule has 0 aliphatic rings. The summed E-state index contributed by atoms with van der Waals surface area (Å²) in [6, 6.07) is 13.0. The lowest BCUT2D eigenvalue weighted by atomic mass is 10.0. The number of ketones is 1. The Morgan fingerprint density at radius 1 is 1.12 bits per heavy atom. The molecule has 0 radical (unpaired) electrons. The van der Waals surface area contributed by atoms with E-state index in [1.54, 1.807) is 4.90 Å². The van der Waals surface area contributed by atoms with E-state index >= 15 is 0 Å². The van der Waals surface area contributed by atoms with E-state index < -0.39 is 6.09 Å². The molecule has 0 saturated carbocycles. The molecule has 0 fully saturated rings. The third kappa shape index (κ3) is 5.39. The van der Waals surface area contributed by atoms with Gasteiger partial charge in [0.2, 0.25) is 0 Å². The average molecular weight is 422 g/mol. The van der Waals surface area contributed by atoms with Gasteiger partial charge < -0.3 is 9.64 Å². The van der Waals surface area contributed by atoms with Crippen molar-refractivity contribution in [2.75, 3.05) is 13.7 Å². The molecular formula is C20H21BrFNO3. The summed E-state index contributed by atoms with van der Waals surface area (Å²) in [6.07, 6.45) is 0.327. The van der Waals surface area contributed by atoms with Crippen LogP contribution in [-0.4, -0.2) is 30.4 Å². The Balaban J connectivity index is 1.99. The van der Waals surface area contributed by atoms with Gasteiger partial charge in [-0.1, -0.05) is 28.1 Å². The van der Waals surface area contributed by atoms with Gasteiger partial charge >= 0.3 is 6.09 Å². The van der Waals surface area contributed by atoms with Crippen LogP contribution in [-0.2, 0) is 4.74 Å². The topological polar surface area (TPSA) is 46.6 Å². The van der Waals surface area contributed by atoms with Gasteiger partial charge in [0, 0.05) is 23.0 Å². The van der Waals surface area contributed by atoms with Crippen molar-refractivity contribution in [3.05, 3.63) is 69.9 Å². The van der Waals surface area contributed by atoms with Gasteiger partial charge in [-0.3, -0.25) is 4.79 Å². The Bertz CT molecular complexity index is 747. The Morgan fingerprint density at radius 2 is 1.73 bits per heavy atom. The van der Waals surface area contributed by atoms with Crippen molar-refractivity contribution in [1.82, 2.24) is 4.90 Å². The van der Waals surface area contributed by atoms with Crippen LogP contribution in [0.5, 0.6) is 0 Å².